The Morgan fingerprint density at radius 2 is 2.12 bits per heavy atom. The Labute approximate surface area is 98.1 Å². The minimum atomic E-state index is -0.549. The Balaban J connectivity index is 2.48. The number of rotatable bonds is 7. The van der Waals surface area contributed by atoms with Crippen molar-refractivity contribution in [1.29, 1.82) is 0 Å². The number of hydrogen-bond acceptors (Lipinski definition) is 7. The van der Waals surface area contributed by atoms with E-state index in [4.69, 9.17) is 9.47 Å². The van der Waals surface area contributed by atoms with E-state index >= 15 is 0 Å². The van der Waals surface area contributed by atoms with Crippen LogP contribution in [0.5, 0.6) is 0 Å². The van der Waals surface area contributed by atoms with E-state index in [0.29, 0.717) is 19.1 Å². The molecule has 0 fully saturated rings. The molecule has 94 valence electrons. The fourth-order valence-electron chi connectivity index (χ4n) is 1.11. The Kier molecular flexibility index (Phi) is 5.24. The Bertz CT molecular complexity index is 357. The van der Waals surface area contributed by atoms with Crippen molar-refractivity contribution in [2.24, 2.45) is 0 Å². The molecule has 0 bridgehead atoms. The number of nitro groups is 1. The molecule has 1 unspecified atom stereocenters. The van der Waals surface area contributed by atoms with E-state index in [0.717, 1.165) is 12.4 Å². The highest BCUT2D eigenvalue weighted by Gasteiger charge is 2.09. The zero-order valence-corrected chi connectivity index (χ0v) is 9.62. The predicted octanol–water partition coefficient (Wildman–Crippen LogP) is 0.458. The average molecular weight is 242 g/mol. The summed E-state index contributed by atoms with van der Waals surface area (Å²) in [5.74, 6) is 0.314. The summed E-state index contributed by atoms with van der Waals surface area (Å²) in [6.45, 7) is 0.901. The summed E-state index contributed by atoms with van der Waals surface area (Å²) in [7, 11) is 3.15. The van der Waals surface area contributed by atoms with Gasteiger partial charge in [0.15, 0.2) is 0 Å². The van der Waals surface area contributed by atoms with Crippen LogP contribution < -0.4 is 5.32 Å². The lowest BCUT2D eigenvalue weighted by molar-refractivity contribution is -0.385. The average Bonchev–Trinajstić information content (AvgIpc) is 2.35. The number of hydrogen-bond donors (Lipinski definition) is 1. The van der Waals surface area contributed by atoms with Crippen LogP contribution >= 0.6 is 0 Å². The summed E-state index contributed by atoms with van der Waals surface area (Å²) in [6.07, 6.45) is 2.17. The molecule has 1 aromatic rings. The number of nitrogens with zero attached hydrogens (tertiary/aromatic N) is 3. The second kappa shape index (κ2) is 6.71. The molecular weight excluding hydrogens is 228 g/mol. The molecule has 1 atom stereocenters. The van der Waals surface area contributed by atoms with Crippen molar-refractivity contribution < 1.29 is 14.4 Å². The first-order chi connectivity index (χ1) is 8.17. The van der Waals surface area contributed by atoms with Gasteiger partial charge in [-0.3, -0.25) is 10.1 Å². The summed E-state index contributed by atoms with van der Waals surface area (Å²) in [5.41, 5.74) is -0.143. The van der Waals surface area contributed by atoms with Crippen molar-refractivity contribution in [2.75, 3.05) is 32.7 Å². The van der Waals surface area contributed by atoms with E-state index in [1.54, 1.807) is 14.2 Å². The van der Waals surface area contributed by atoms with Crippen molar-refractivity contribution in [1.82, 2.24) is 9.97 Å². The summed E-state index contributed by atoms with van der Waals surface area (Å²) in [4.78, 5) is 17.4. The third-order valence-corrected chi connectivity index (χ3v) is 2.02. The number of anilines is 1. The van der Waals surface area contributed by atoms with Gasteiger partial charge in [0.05, 0.1) is 17.6 Å². The summed E-state index contributed by atoms with van der Waals surface area (Å²) < 4.78 is 10.1. The molecule has 0 radical (unpaired) electrons. The van der Waals surface area contributed by atoms with Gasteiger partial charge >= 0.3 is 5.69 Å². The van der Waals surface area contributed by atoms with Gasteiger partial charge in [-0.1, -0.05) is 0 Å². The minimum Gasteiger partial charge on any atom is -0.382 e. The third kappa shape index (κ3) is 4.29. The first-order valence-corrected chi connectivity index (χ1v) is 4.89. The normalized spacial score (nSPS) is 12.1. The van der Waals surface area contributed by atoms with E-state index in [-0.39, 0.29) is 11.8 Å². The van der Waals surface area contributed by atoms with E-state index in [1.807, 2.05) is 0 Å². The zero-order valence-electron chi connectivity index (χ0n) is 9.62. The summed E-state index contributed by atoms with van der Waals surface area (Å²) in [6, 6.07) is 0. The molecule has 0 aliphatic heterocycles. The second-order valence-corrected chi connectivity index (χ2v) is 3.22. The van der Waals surface area contributed by atoms with Crippen LogP contribution in [0.15, 0.2) is 12.4 Å². The molecule has 1 heterocycles. The smallest absolute Gasteiger partial charge is 0.305 e. The van der Waals surface area contributed by atoms with Crippen LogP contribution in [0.2, 0.25) is 0 Å². The Morgan fingerprint density at radius 3 is 2.59 bits per heavy atom. The molecule has 0 saturated heterocycles. The van der Waals surface area contributed by atoms with Gasteiger partial charge in [0.1, 0.15) is 12.4 Å². The van der Waals surface area contributed by atoms with E-state index in [9.17, 15) is 10.1 Å². The Morgan fingerprint density at radius 1 is 1.47 bits per heavy atom. The number of aromatic nitrogens is 2. The van der Waals surface area contributed by atoms with E-state index < -0.39 is 4.92 Å². The van der Waals surface area contributed by atoms with Crippen LogP contribution in [0.3, 0.4) is 0 Å². The van der Waals surface area contributed by atoms with Gasteiger partial charge in [-0.25, -0.2) is 9.97 Å². The van der Waals surface area contributed by atoms with E-state index in [1.165, 1.54) is 0 Å². The summed E-state index contributed by atoms with van der Waals surface area (Å²) in [5, 5.41) is 13.3. The van der Waals surface area contributed by atoms with Crippen molar-refractivity contribution in [3.05, 3.63) is 22.5 Å². The molecule has 0 spiro atoms. The second-order valence-electron chi connectivity index (χ2n) is 3.22. The molecule has 8 nitrogen and oxygen atoms in total. The highest BCUT2D eigenvalue weighted by Crippen LogP contribution is 2.08. The lowest BCUT2D eigenvalue weighted by Crippen LogP contribution is -2.27. The zero-order chi connectivity index (χ0) is 12.7. The van der Waals surface area contributed by atoms with Gasteiger partial charge in [-0.2, -0.15) is 0 Å². The maximum atomic E-state index is 10.4. The quantitative estimate of drug-likeness (QED) is 0.547. The van der Waals surface area contributed by atoms with Gasteiger partial charge in [0, 0.05) is 20.8 Å². The van der Waals surface area contributed by atoms with Gasteiger partial charge < -0.3 is 14.8 Å². The van der Waals surface area contributed by atoms with Crippen LogP contribution in [0.4, 0.5) is 11.6 Å². The largest absolute Gasteiger partial charge is 0.382 e. The SMILES string of the molecule is COCC(CNc1ncc([N+](=O)[O-])cn1)OC. The fourth-order valence-corrected chi connectivity index (χ4v) is 1.11. The maximum absolute atomic E-state index is 10.4. The predicted molar refractivity (Wildman–Crippen MR) is 59.8 cm³/mol. The third-order valence-electron chi connectivity index (χ3n) is 2.02. The lowest BCUT2D eigenvalue weighted by atomic mass is 10.4. The van der Waals surface area contributed by atoms with E-state index in [2.05, 4.69) is 15.3 Å². The van der Waals surface area contributed by atoms with Gasteiger partial charge in [0.25, 0.3) is 0 Å². The Hall–Kier alpha value is -1.80. The fraction of sp³-hybridized carbons (Fsp3) is 0.556. The van der Waals surface area contributed by atoms with Crippen molar-refractivity contribution in [3.63, 3.8) is 0 Å². The molecule has 0 aliphatic carbocycles. The summed E-state index contributed by atoms with van der Waals surface area (Å²) >= 11 is 0. The highest BCUT2D eigenvalue weighted by molar-refractivity contribution is 5.30. The maximum Gasteiger partial charge on any atom is 0.305 e. The standard InChI is InChI=1S/C9H14N4O4/c1-16-6-8(17-2)5-12-9-10-3-7(4-11-9)13(14)15/h3-4,8H,5-6H2,1-2H3,(H,10,11,12). The highest BCUT2D eigenvalue weighted by atomic mass is 16.6. The minimum absolute atomic E-state index is 0.126. The monoisotopic (exact) mass is 242 g/mol. The van der Waals surface area contributed by atoms with Crippen LogP contribution in [0, 0.1) is 10.1 Å². The first-order valence-electron chi connectivity index (χ1n) is 4.89. The molecule has 1 N–H and O–H groups in total. The topological polar surface area (TPSA) is 99.4 Å². The van der Waals surface area contributed by atoms with Crippen LogP contribution in [-0.4, -0.2) is 48.4 Å². The van der Waals surface area contributed by atoms with Gasteiger partial charge in [-0.15, -0.1) is 0 Å². The number of ether oxygens (including phenoxy) is 2. The molecule has 1 aromatic heterocycles. The molecule has 0 aliphatic rings. The molecular formula is C9H14N4O4. The number of methoxy groups -OCH3 is 2. The molecule has 1 rings (SSSR count). The molecule has 0 aromatic carbocycles. The van der Waals surface area contributed by atoms with Gasteiger partial charge in [0.2, 0.25) is 5.95 Å². The molecule has 0 saturated carbocycles. The van der Waals surface area contributed by atoms with Crippen molar-refractivity contribution in [3.8, 4) is 0 Å². The molecule has 17 heavy (non-hydrogen) atoms. The van der Waals surface area contributed by atoms with Crippen molar-refractivity contribution >= 4 is 11.6 Å². The first kappa shape index (κ1) is 13.3. The van der Waals surface area contributed by atoms with Crippen LogP contribution in [0.1, 0.15) is 0 Å². The lowest BCUT2D eigenvalue weighted by Gasteiger charge is -2.14. The van der Waals surface area contributed by atoms with Crippen LogP contribution in [-0.2, 0) is 9.47 Å². The number of nitrogens with one attached hydrogen (secondary N) is 1. The van der Waals surface area contributed by atoms with Crippen LogP contribution in [0.25, 0.3) is 0 Å². The molecule has 8 heteroatoms. The van der Waals surface area contributed by atoms with Gasteiger partial charge in [-0.05, 0) is 0 Å². The van der Waals surface area contributed by atoms with Crippen molar-refractivity contribution in [2.45, 2.75) is 6.10 Å². The molecule has 0 amide bonds.